The summed E-state index contributed by atoms with van der Waals surface area (Å²) in [6, 6.07) is 11.2. The molecule has 1 aliphatic rings. The van der Waals surface area contributed by atoms with Crippen LogP contribution in [0.15, 0.2) is 36.5 Å². The van der Waals surface area contributed by atoms with E-state index in [1.807, 2.05) is 45.7 Å². The average Bonchev–Trinajstić information content (AvgIpc) is 3.10. The molecule has 0 fully saturated rings. The third-order valence-electron chi connectivity index (χ3n) is 7.22. The van der Waals surface area contributed by atoms with E-state index in [1.165, 1.54) is 33.3 Å². The van der Waals surface area contributed by atoms with Crippen LogP contribution >= 0.6 is 0 Å². The van der Waals surface area contributed by atoms with E-state index in [0.717, 1.165) is 31.6 Å². The number of nitrogens with zero attached hydrogens (tertiary/aromatic N) is 4. The number of likely N-dealkylation sites (N-methyl/N-ethyl adjacent to an activating group) is 1. The molecule has 1 atom stereocenters. The van der Waals surface area contributed by atoms with Crippen molar-refractivity contribution in [3.05, 3.63) is 64.6 Å². The van der Waals surface area contributed by atoms with Crippen molar-refractivity contribution in [2.45, 2.75) is 79.1 Å². The Hall–Kier alpha value is -2.86. The van der Waals surface area contributed by atoms with E-state index < -0.39 is 0 Å². The van der Waals surface area contributed by atoms with Crippen LogP contribution in [0.5, 0.6) is 0 Å². The Morgan fingerprint density at radius 3 is 2.54 bits per heavy atom. The van der Waals surface area contributed by atoms with Crippen molar-refractivity contribution in [2.75, 3.05) is 20.2 Å². The largest absolute Gasteiger partial charge is 0.447 e. The Morgan fingerprint density at radius 1 is 1.14 bits per heavy atom. The summed E-state index contributed by atoms with van der Waals surface area (Å²) in [5.74, 6) is 0. The molecule has 0 radical (unpaired) electrons. The second kappa shape index (κ2) is 10.4. The highest BCUT2D eigenvalue weighted by Gasteiger charge is 2.32. The molecular weight excluding hydrogens is 436 g/mol. The second-order valence-electron chi connectivity index (χ2n) is 10.5. The number of aryl methyl sites for hydroxylation is 4. The van der Waals surface area contributed by atoms with Gasteiger partial charge in [-0.25, -0.2) is 4.79 Å². The number of fused-ring (bicyclic) bond motifs is 3. The van der Waals surface area contributed by atoms with Crippen molar-refractivity contribution in [3.8, 4) is 0 Å². The SMILES string of the molecule is Cc1ccc2c(c1)c1c(n2CCc2ccc(C)nc2)CCN(C)C1COC(=O)N(C(C)C)C(C)C. The molecule has 2 aromatic heterocycles. The number of aromatic nitrogens is 2. The highest BCUT2D eigenvalue weighted by atomic mass is 16.6. The monoisotopic (exact) mass is 476 g/mol. The van der Waals surface area contributed by atoms with E-state index in [2.05, 4.69) is 58.8 Å². The van der Waals surface area contributed by atoms with Gasteiger partial charge in [-0.3, -0.25) is 9.88 Å². The smallest absolute Gasteiger partial charge is 0.410 e. The summed E-state index contributed by atoms with van der Waals surface area (Å²) in [7, 11) is 2.14. The van der Waals surface area contributed by atoms with Gasteiger partial charge in [0.25, 0.3) is 0 Å². The lowest BCUT2D eigenvalue weighted by Gasteiger charge is -2.35. The van der Waals surface area contributed by atoms with Gasteiger partial charge in [0, 0.05) is 65.6 Å². The molecule has 3 heterocycles. The fourth-order valence-electron chi connectivity index (χ4n) is 5.44. The molecule has 1 aliphatic heterocycles. The van der Waals surface area contributed by atoms with Gasteiger partial charge in [-0.2, -0.15) is 0 Å². The molecule has 1 unspecified atom stereocenters. The third-order valence-corrected chi connectivity index (χ3v) is 7.22. The fourth-order valence-corrected chi connectivity index (χ4v) is 5.44. The lowest BCUT2D eigenvalue weighted by atomic mass is 9.96. The summed E-state index contributed by atoms with van der Waals surface area (Å²) in [5.41, 5.74) is 7.48. The van der Waals surface area contributed by atoms with Crippen LogP contribution in [0.2, 0.25) is 0 Å². The molecular formula is C29H40N4O2. The Bertz CT molecular complexity index is 1170. The zero-order valence-electron chi connectivity index (χ0n) is 22.3. The van der Waals surface area contributed by atoms with Gasteiger partial charge in [-0.05, 0) is 78.8 Å². The van der Waals surface area contributed by atoms with Gasteiger partial charge < -0.3 is 14.2 Å². The average molecular weight is 477 g/mol. The third kappa shape index (κ3) is 5.22. The summed E-state index contributed by atoms with van der Waals surface area (Å²) in [5, 5.41) is 1.28. The number of hydrogen-bond acceptors (Lipinski definition) is 4. The van der Waals surface area contributed by atoms with Crippen molar-refractivity contribution >= 4 is 17.0 Å². The molecule has 6 heteroatoms. The first-order valence-electron chi connectivity index (χ1n) is 12.9. The Balaban J connectivity index is 1.66. The van der Waals surface area contributed by atoms with Crippen LogP contribution in [0.1, 0.15) is 61.8 Å². The van der Waals surface area contributed by atoms with Crippen LogP contribution in [0.3, 0.4) is 0 Å². The molecule has 188 valence electrons. The topological polar surface area (TPSA) is 50.6 Å². The second-order valence-corrected chi connectivity index (χ2v) is 10.5. The van der Waals surface area contributed by atoms with Crippen LogP contribution in [0, 0.1) is 13.8 Å². The fraction of sp³-hybridized carbons (Fsp3) is 0.517. The van der Waals surface area contributed by atoms with Gasteiger partial charge in [-0.15, -0.1) is 0 Å². The van der Waals surface area contributed by atoms with Crippen molar-refractivity contribution in [3.63, 3.8) is 0 Å². The predicted molar refractivity (Wildman–Crippen MR) is 142 cm³/mol. The Labute approximate surface area is 209 Å². The van der Waals surface area contributed by atoms with Crippen LogP contribution in [0.4, 0.5) is 4.79 Å². The lowest BCUT2D eigenvalue weighted by molar-refractivity contribution is 0.0530. The molecule has 6 nitrogen and oxygen atoms in total. The van der Waals surface area contributed by atoms with E-state index >= 15 is 0 Å². The Morgan fingerprint density at radius 2 is 1.89 bits per heavy atom. The van der Waals surface area contributed by atoms with Crippen molar-refractivity contribution in [1.82, 2.24) is 19.4 Å². The molecule has 0 N–H and O–H groups in total. The number of carbonyl (C=O) groups excluding carboxylic acids is 1. The first-order valence-corrected chi connectivity index (χ1v) is 12.9. The first kappa shape index (κ1) is 25.2. The number of benzene rings is 1. The summed E-state index contributed by atoms with van der Waals surface area (Å²) in [6.45, 7) is 14.5. The van der Waals surface area contributed by atoms with Crippen molar-refractivity contribution in [1.29, 1.82) is 0 Å². The highest BCUT2D eigenvalue weighted by Crippen LogP contribution is 2.38. The molecule has 0 aliphatic carbocycles. The molecule has 1 aromatic carbocycles. The Kier molecular flexibility index (Phi) is 7.50. The molecule has 0 saturated carbocycles. The standard InChI is InChI=1S/C29H40N4O2/c1-19(2)33(20(3)4)29(34)35-18-27-28-24-16-21(5)8-11-25(24)32(26(28)13-14-31(27)7)15-12-23-10-9-22(6)30-17-23/h8-11,16-17,19-20,27H,12-15,18H2,1-7H3. The maximum absolute atomic E-state index is 13.0. The van der Waals surface area contributed by atoms with Crippen LogP contribution in [-0.4, -0.2) is 57.7 Å². The maximum atomic E-state index is 13.0. The summed E-state index contributed by atoms with van der Waals surface area (Å²) >= 11 is 0. The van der Waals surface area contributed by atoms with E-state index in [0.29, 0.717) is 6.61 Å². The number of pyridine rings is 1. The molecule has 0 saturated heterocycles. The molecule has 1 amide bonds. The molecule has 0 bridgehead atoms. The zero-order valence-corrected chi connectivity index (χ0v) is 22.3. The minimum atomic E-state index is -0.234. The van der Waals surface area contributed by atoms with Gasteiger partial charge >= 0.3 is 6.09 Å². The number of hydrogen-bond donors (Lipinski definition) is 0. The summed E-state index contributed by atoms with van der Waals surface area (Å²) in [4.78, 5) is 21.6. The number of amides is 1. The molecule has 0 spiro atoms. The van der Waals surface area contributed by atoms with Crippen LogP contribution in [0.25, 0.3) is 10.9 Å². The van der Waals surface area contributed by atoms with Gasteiger partial charge in [0.15, 0.2) is 0 Å². The minimum absolute atomic E-state index is 0.0375. The summed E-state index contributed by atoms with van der Waals surface area (Å²) in [6.07, 6.45) is 3.68. The highest BCUT2D eigenvalue weighted by molar-refractivity contribution is 5.87. The lowest BCUT2D eigenvalue weighted by Crippen LogP contribution is -2.44. The van der Waals surface area contributed by atoms with E-state index in [1.54, 1.807) is 0 Å². The quantitative estimate of drug-likeness (QED) is 0.440. The van der Waals surface area contributed by atoms with Gasteiger partial charge in [-0.1, -0.05) is 17.7 Å². The van der Waals surface area contributed by atoms with Crippen molar-refractivity contribution < 1.29 is 9.53 Å². The van der Waals surface area contributed by atoms with Crippen LogP contribution < -0.4 is 0 Å². The predicted octanol–water partition coefficient (Wildman–Crippen LogP) is 5.68. The van der Waals surface area contributed by atoms with Gasteiger partial charge in [0.05, 0.1) is 6.04 Å². The minimum Gasteiger partial charge on any atom is -0.447 e. The first-order chi connectivity index (χ1) is 16.7. The number of carbonyl (C=O) groups is 1. The summed E-state index contributed by atoms with van der Waals surface area (Å²) < 4.78 is 8.44. The van der Waals surface area contributed by atoms with Gasteiger partial charge in [0.1, 0.15) is 6.61 Å². The zero-order chi connectivity index (χ0) is 25.3. The van der Waals surface area contributed by atoms with Crippen molar-refractivity contribution in [2.24, 2.45) is 0 Å². The molecule has 3 aromatic rings. The number of rotatable bonds is 7. The normalized spacial score (nSPS) is 16.2. The molecule has 4 rings (SSSR count). The van der Waals surface area contributed by atoms with E-state index in [-0.39, 0.29) is 24.2 Å². The molecule has 35 heavy (non-hydrogen) atoms. The van der Waals surface area contributed by atoms with E-state index in [4.69, 9.17) is 4.74 Å². The van der Waals surface area contributed by atoms with E-state index in [9.17, 15) is 4.79 Å². The number of ether oxygens (including phenoxy) is 1. The van der Waals surface area contributed by atoms with Crippen LogP contribution in [-0.2, 0) is 24.1 Å². The maximum Gasteiger partial charge on any atom is 0.410 e. The van der Waals surface area contributed by atoms with Gasteiger partial charge in [0.2, 0.25) is 0 Å².